The summed E-state index contributed by atoms with van der Waals surface area (Å²) in [7, 11) is -1.61. The highest BCUT2D eigenvalue weighted by Crippen LogP contribution is 2.38. The molecule has 0 bridgehead atoms. The summed E-state index contributed by atoms with van der Waals surface area (Å²) in [6.07, 6.45) is 6.84. The first-order valence-electron chi connectivity index (χ1n) is 5.06. The van der Waals surface area contributed by atoms with E-state index in [0.717, 1.165) is 24.6 Å². The zero-order chi connectivity index (χ0) is 9.68. The van der Waals surface area contributed by atoms with Crippen molar-refractivity contribution in [3.63, 3.8) is 0 Å². The molecule has 3 heteroatoms. The lowest BCUT2D eigenvalue weighted by molar-refractivity contribution is 0.167. The van der Waals surface area contributed by atoms with Crippen LogP contribution in [0.2, 0.25) is 0 Å². The average Bonchev–Trinajstić information content (AvgIpc) is 2.18. The molecule has 1 unspecified atom stereocenters. The first kappa shape index (κ1) is 10.9. The van der Waals surface area contributed by atoms with Gasteiger partial charge in [-0.1, -0.05) is 26.2 Å². The minimum atomic E-state index is -1.61. The largest absolute Gasteiger partial charge is 0.543 e. The minimum absolute atomic E-state index is 0.223. The van der Waals surface area contributed by atoms with Crippen molar-refractivity contribution in [2.24, 2.45) is 0 Å². The Labute approximate surface area is 81.2 Å². The molecule has 1 aliphatic carbocycles. The highest BCUT2D eigenvalue weighted by Gasteiger charge is 2.28. The third-order valence-electron chi connectivity index (χ3n) is 2.46. The molecular formula is C10H18O2P+. The van der Waals surface area contributed by atoms with Gasteiger partial charge in [-0.3, -0.25) is 0 Å². The molecule has 13 heavy (non-hydrogen) atoms. The summed E-state index contributed by atoms with van der Waals surface area (Å²) in [5, 5.41) is 0.737. The number of allylic oxidation sites excluding steroid dienone is 1. The second-order valence-electron chi connectivity index (χ2n) is 3.54. The first-order chi connectivity index (χ1) is 6.24. The smallest absolute Gasteiger partial charge is 0.139 e. The molecule has 0 aromatic carbocycles. The third-order valence-corrected chi connectivity index (χ3v) is 3.79. The Morgan fingerprint density at radius 1 is 1.46 bits per heavy atom. The Morgan fingerprint density at radius 2 is 2.08 bits per heavy atom. The SMILES string of the molecule is C=C(CC)[P+](=O)OC1CCCCC1. The van der Waals surface area contributed by atoms with E-state index in [0.29, 0.717) is 0 Å². The van der Waals surface area contributed by atoms with E-state index in [1.165, 1.54) is 19.3 Å². The summed E-state index contributed by atoms with van der Waals surface area (Å²) in [5.74, 6) is 0. The summed E-state index contributed by atoms with van der Waals surface area (Å²) in [6.45, 7) is 5.69. The number of hydrogen-bond acceptors (Lipinski definition) is 2. The standard InChI is InChI=1S/C10H18O2P/c1-3-9(2)13(11)12-10-7-5-4-6-8-10/h10H,2-8H2,1H3/q+1. The van der Waals surface area contributed by atoms with Crippen molar-refractivity contribution >= 4 is 8.03 Å². The molecule has 0 saturated heterocycles. The van der Waals surface area contributed by atoms with Crippen LogP contribution in [-0.4, -0.2) is 6.10 Å². The van der Waals surface area contributed by atoms with Gasteiger partial charge in [-0.25, -0.2) is 0 Å². The molecule has 0 N–H and O–H groups in total. The summed E-state index contributed by atoms with van der Waals surface area (Å²) in [5.41, 5.74) is 0. The van der Waals surface area contributed by atoms with Crippen LogP contribution in [0, 0.1) is 0 Å². The van der Waals surface area contributed by atoms with Gasteiger partial charge < -0.3 is 0 Å². The maximum absolute atomic E-state index is 11.5. The maximum Gasteiger partial charge on any atom is 0.543 e. The summed E-state index contributed by atoms with van der Waals surface area (Å²) >= 11 is 0. The van der Waals surface area contributed by atoms with Crippen molar-refractivity contribution in [1.82, 2.24) is 0 Å². The second kappa shape index (κ2) is 5.51. The van der Waals surface area contributed by atoms with Crippen molar-refractivity contribution in [2.75, 3.05) is 0 Å². The van der Waals surface area contributed by atoms with Crippen LogP contribution in [0.3, 0.4) is 0 Å². The topological polar surface area (TPSA) is 26.3 Å². The van der Waals surface area contributed by atoms with Gasteiger partial charge in [0.2, 0.25) is 0 Å². The molecule has 0 aromatic rings. The highest BCUT2D eigenvalue weighted by molar-refractivity contribution is 7.44. The lowest BCUT2D eigenvalue weighted by Crippen LogP contribution is -2.13. The average molecular weight is 201 g/mol. The molecular weight excluding hydrogens is 183 g/mol. The van der Waals surface area contributed by atoms with E-state index < -0.39 is 8.03 Å². The maximum atomic E-state index is 11.5. The first-order valence-corrected chi connectivity index (χ1v) is 6.23. The molecule has 1 rings (SSSR count). The molecule has 74 valence electrons. The van der Waals surface area contributed by atoms with Gasteiger partial charge in [0.05, 0.1) is 0 Å². The van der Waals surface area contributed by atoms with Crippen LogP contribution in [0.15, 0.2) is 11.9 Å². The monoisotopic (exact) mass is 201 g/mol. The molecule has 0 radical (unpaired) electrons. The fourth-order valence-corrected chi connectivity index (χ4v) is 2.40. The molecule has 1 aliphatic rings. The Bertz CT molecular complexity index is 195. The van der Waals surface area contributed by atoms with Gasteiger partial charge in [-0.15, -0.1) is 4.52 Å². The summed E-state index contributed by atoms with van der Waals surface area (Å²) < 4.78 is 16.9. The van der Waals surface area contributed by atoms with Crippen molar-refractivity contribution in [2.45, 2.75) is 51.6 Å². The molecule has 1 saturated carbocycles. The van der Waals surface area contributed by atoms with Crippen molar-refractivity contribution in [3.05, 3.63) is 11.9 Å². The Kier molecular flexibility index (Phi) is 4.61. The Hall–Kier alpha value is -0.200. The van der Waals surface area contributed by atoms with E-state index in [1.807, 2.05) is 6.92 Å². The molecule has 1 fully saturated rings. The van der Waals surface area contributed by atoms with Crippen molar-refractivity contribution < 1.29 is 9.09 Å². The lowest BCUT2D eigenvalue weighted by atomic mass is 9.98. The van der Waals surface area contributed by atoms with Crippen molar-refractivity contribution in [3.8, 4) is 0 Å². The quantitative estimate of drug-likeness (QED) is 0.642. The van der Waals surface area contributed by atoms with Gasteiger partial charge in [-0.05, 0) is 24.0 Å². The van der Waals surface area contributed by atoms with Crippen LogP contribution in [0.5, 0.6) is 0 Å². The lowest BCUT2D eigenvalue weighted by Gasteiger charge is -2.15. The van der Waals surface area contributed by atoms with Crippen LogP contribution in [0.25, 0.3) is 0 Å². The number of hydrogen-bond donors (Lipinski definition) is 0. The van der Waals surface area contributed by atoms with E-state index in [-0.39, 0.29) is 6.10 Å². The molecule has 0 aromatic heterocycles. The van der Waals surface area contributed by atoms with Gasteiger partial charge in [0.15, 0.2) is 5.31 Å². The van der Waals surface area contributed by atoms with Crippen molar-refractivity contribution in [1.29, 1.82) is 0 Å². The predicted octanol–water partition coefficient (Wildman–Crippen LogP) is 4.00. The van der Waals surface area contributed by atoms with Gasteiger partial charge in [0, 0.05) is 6.42 Å². The van der Waals surface area contributed by atoms with E-state index in [2.05, 4.69) is 6.58 Å². The van der Waals surface area contributed by atoms with Crippen LogP contribution >= 0.6 is 8.03 Å². The van der Waals surface area contributed by atoms with Crippen LogP contribution in [0.1, 0.15) is 45.4 Å². The van der Waals surface area contributed by atoms with Crippen LogP contribution in [0.4, 0.5) is 0 Å². The van der Waals surface area contributed by atoms with Crippen LogP contribution < -0.4 is 0 Å². The Balaban J connectivity index is 2.30. The minimum Gasteiger partial charge on any atom is -0.139 e. The zero-order valence-electron chi connectivity index (χ0n) is 8.29. The summed E-state index contributed by atoms with van der Waals surface area (Å²) in [6, 6.07) is 0. The molecule has 0 spiro atoms. The third kappa shape index (κ3) is 3.58. The summed E-state index contributed by atoms with van der Waals surface area (Å²) in [4.78, 5) is 0. The second-order valence-corrected chi connectivity index (χ2v) is 4.90. The van der Waals surface area contributed by atoms with E-state index in [1.54, 1.807) is 0 Å². The van der Waals surface area contributed by atoms with Gasteiger partial charge >= 0.3 is 8.03 Å². The highest BCUT2D eigenvalue weighted by atomic mass is 31.1. The normalized spacial score (nSPS) is 19.9. The molecule has 0 aliphatic heterocycles. The number of rotatable bonds is 4. The fraction of sp³-hybridized carbons (Fsp3) is 0.800. The predicted molar refractivity (Wildman–Crippen MR) is 55.0 cm³/mol. The van der Waals surface area contributed by atoms with Gasteiger partial charge in [0.1, 0.15) is 6.10 Å². The Morgan fingerprint density at radius 3 is 2.62 bits per heavy atom. The van der Waals surface area contributed by atoms with E-state index >= 15 is 0 Å². The molecule has 0 amide bonds. The van der Waals surface area contributed by atoms with Gasteiger partial charge in [0.25, 0.3) is 0 Å². The molecule has 1 atom stereocenters. The van der Waals surface area contributed by atoms with Crippen LogP contribution in [-0.2, 0) is 9.09 Å². The zero-order valence-corrected chi connectivity index (χ0v) is 9.19. The molecule has 2 nitrogen and oxygen atoms in total. The van der Waals surface area contributed by atoms with E-state index in [9.17, 15) is 4.57 Å². The molecule has 0 heterocycles. The van der Waals surface area contributed by atoms with E-state index in [4.69, 9.17) is 4.52 Å². The van der Waals surface area contributed by atoms with Gasteiger partial charge in [-0.2, -0.15) is 0 Å². The fourth-order valence-electron chi connectivity index (χ4n) is 1.51.